The van der Waals surface area contributed by atoms with Gasteiger partial charge in [-0.15, -0.1) is 71.8 Å². The predicted octanol–water partition coefficient (Wildman–Crippen LogP) is 31.4. The van der Waals surface area contributed by atoms with Crippen LogP contribution < -0.4 is 0 Å². The minimum atomic E-state index is 0. The van der Waals surface area contributed by atoms with Crippen LogP contribution in [-0.2, 0) is 40.2 Å². The molecule has 0 bridgehead atoms. The number of hydrogen-bond donors (Lipinski definition) is 0. The first-order valence-corrected chi connectivity index (χ1v) is 42.2. The quantitative estimate of drug-likeness (QED) is 0.100. The van der Waals surface area contributed by atoms with E-state index in [0.29, 0.717) is 0 Å². The second-order valence-corrected chi connectivity index (χ2v) is 29.6. The van der Waals surface area contributed by atoms with Gasteiger partial charge in [0.2, 0.25) is 0 Å². The number of hydrogen-bond acceptors (Lipinski definition) is 6. The molecule has 0 N–H and O–H groups in total. The third kappa shape index (κ3) is 21.3. The van der Waals surface area contributed by atoms with Gasteiger partial charge >= 0.3 is 0 Å². The Hall–Kier alpha value is -15.5. The molecule has 616 valence electrons. The SMILES string of the molecule is [Ir].[Ir].[c-]1ccccc1-c1ccccn1.[c-]1ccccc1-c1nccc2ccccc12.c1ccc(-c2c3ccccc3c(-c3ccccc3)c3c(-c4ccccc4)c4ccccc4c(-c4ccccc4)c23)cc1.c1ccc(-c2ccccn2)cc1.c1ccc(-c2ccccn2)cc1.c1ccc(-c2nccc3ccccc23)cc1.c1ccc(-c2nccc3ccccc23)cc1. The Morgan fingerprint density at radius 2 is 0.383 bits per heavy atom. The van der Waals surface area contributed by atoms with E-state index >= 15 is 0 Å². The molecule has 8 heteroatoms. The summed E-state index contributed by atoms with van der Waals surface area (Å²) >= 11 is 0. The molecule has 128 heavy (non-hydrogen) atoms. The maximum atomic E-state index is 4.48. The molecule has 23 aromatic rings. The van der Waals surface area contributed by atoms with Crippen molar-refractivity contribution >= 4 is 64.6 Å². The zero-order valence-electron chi connectivity index (χ0n) is 70.0. The Labute approximate surface area is 775 Å². The largest absolute Gasteiger partial charge is 0.305 e. The van der Waals surface area contributed by atoms with E-state index in [4.69, 9.17) is 0 Å². The molecule has 0 aliphatic heterocycles. The summed E-state index contributed by atoms with van der Waals surface area (Å²) in [6.07, 6.45) is 11.0. The number of nitrogens with zero attached hydrogens (tertiary/aromatic N) is 6. The minimum absolute atomic E-state index is 0. The van der Waals surface area contributed by atoms with Gasteiger partial charge in [-0.05, 0) is 158 Å². The van der Waals surface area contributed by atoms with E-state index in [-0.39, 0.29) is 40.2 Å². The van der Waals surface area contributed by atoms with Gasteiger partial charge < -0.3 is 9.97 Å². The second kappa shape index (κ2) is 44.7. The van der Waals surface area contributed by atoms with Crippen LogP contribution in [0.5, 0.6) is 0 Å². The summed E-state index contributed by atoms with van der Waals surface area (Å²) in [5.41, 5.74) is 22.9. The van der Waals surface area contributed by atoms with Crippen molar-refractivity contribution in [2.24, 2.45) is 0 Å². The Kier molecular flexibility index (Phi) is 30.5. The molecule has 2 radical (unpaired) electrons. The van der Waals surface area contributed by atoms with Gasteiger partial charge in [0.1, 0.15) is 0 Å². The molecule has 0 aliphatic carbocycles. The monoisotopic (exact) mass is 2000 g/mol. The molecular weight excluding hydrogens is 1910 g/mol. The Morgan fingerprint density at radius 1 is 0.148 bits per heavy atom. The van der Waals surface area contributed by atoms with Gasteiger partial charge in [-0.2, -0.15) is 0 Å². The molecule has 0 atom stereocenters. The zero-order chi connectivity index (χ0) is 84.9. The van der Waals surface area contributed by atoms with E-state index in [1.54, 1.807) is 6.20 Å². The summed E-state index contributed by atoms with van der Waals surface area (Å²) < 4.78 is 0. The summed E-state index contributed by atoms with van der Waals surface area (Å²) in [6.45, 7) is 0. The van der Waals surface area contributed by atoms with Crippen LogP contribution in [0.15, 0.2) is 522 Å². The topological polar surface area (TPSA) is 77.3 Å². The van der Waals surface area contributed by atoms with Crippen molar-refractivity contribution in [1.82, 2.24) is 29.9 Å². The van der Waals surface area contributed by atoms with E-state index < -0.39 is 0 Å². The zero-order valence-corrected chi connectivity index (χ0v) is 74.8. The summed E-state index contributed by atoms with van der Waals surface area (Å²) in [5.74, 6) is 0. The van der Waals surface area contributed by atoms with Gasteiger partial charge in [0.05, 0.1) is 22.8 Å². The van der Waals surface area contributed by atoms with Crippen molar-refractivity contribution in [2.75, 3.05) is 0 Å². The van der Waals surface area contributed by atoms with E-state index in [2.05, 4.69) is 321 Å². The van der Waals surface area contributed by atoms with Gasteiger partial charge in [0.15, 0.2) is 0 Å². The van der Waals surface area contributed by atoms with E-state index in [0.717, 1.165) is 56.4 Å². The molecule has 0 amide bonds. The predicted molar refractivity (Wildman–Crippen MR) is 529 cm³/mol. The van der Waals surface area contributed by atoms with Gasteiger partial charge in [0, 0.05) is 110 Å². The molecule has 23 rings (SSSR count). The average Bonchev–Trinajstić information content (AvgIpc) is 0.696. The number of rotatable bonds is 10. The van der Waals surface area contributed by atoms with Crippen LogP contribution >= 0.6 is 0 Å². The van der Waals surface area contributed by atoms with Gasteiger partial charge in [-0.25, -0.2) is 0 Å². The van der Waals surface area contributed by atoms with Crippen molar-refractivity contribution < 1.29 is 40.2 Å². The molecule has 6 heterocycles. The van der Waals surface area contributed by atoms with Crippen molar-refractivity contribution in [1.29, 1.82) is 0 Å². The van der Waals surface area contributed by atoms with Gasteiger partial charge in [0.25, 0.3) is 0 Å². The van der Waals surface area contributed by atoms with E-state index in [1.165, 1.54) is 120 Å². The van der Waals surface area contributed by atoms with Crippen LogP contribution in [0.1, 0.15) is 0 Å². The third-order valence-corrected chi connectivity index (χ3v) is 21.6. The third-order valence-electron chi connectivity index (χ3n) is 21.6. The molecule has 0 aliphatic rings. The first kappa shape index (κ1) is 87.4. The maximum absolute atomic E-state index is 4.48. The Bertz CT molecular complexity index is 6480. The van der Waals surface area contributed by atoms with Crippen LogP contribution in [-0.4, -0.2) is 29.9 Å². The van der Waals surface area contributed by atoms with Crippen LogP contribution in [0.4, 0.5) is 0 Å². The van der Waals surface area contributed by atoms with E-state index in [1.807, 2.05) is 237 Å². The summed E-state index contributed by atoms with van der Waals surface area (Å²) in [6, 6.07) is 173. The molecule has 6 nitrogen and oxygen atoms in total. The maximum Gasteiger partial charge on any atom is 0.0780 e. The summed E-state index contributed by atoms with van der Waals surface area (Å²) in [5, 5.41) is 14.9. The van der Waals surface area contributed by atoms with Crippen molar-refractivity contribution in [2.45, 2.75) is 0 Å². The summed E-state index contributed by atoms with van der Waals surface area (Å²) in [7, 11) is 0. The van der Waals surface area contributed by atoms with Crippen LogP contribution in [0, 0.1) is 12.1 Å². The molecule has 0 fully saturated rings. The Morgan fingerprint density at radius 3 is 0.672 bits per heavy atom. The minimum Gasteiger partial charge on any atom is -0.305 e. The fourth-order valence-corrected chi connectivity index (χ4v) is 15.9. The van der Waals surface area contributed by atoms with Crippen LogP contribution in [0.3, 0.4) is 0 Å². The Balaban J connectivity index is 0.000000123. The first-order chi connectivity index (χ1) is 62.6. The molecule has 6 aromatic heterocycles. The van der Waals surface area contributed by atoms with E-state index in [9.17, 15) is 0 Å². The normalized spacial score (nSPS) is 10.4. The molecule has 0 saturated heterocycles. The fraction of sp³-hybridized carbons (Fsp3) is 0. The number of aromatic nitrogens is 6. The van der Waals surface area contributed by atoms with Crippen molar-refractivity contribution in [3.63, 3.8) is 0 Å². The number of fused-ring (bicyclic) bond motifs is 6. The fourth-order valence-electron chi connectivity index (χ4n) is 15.9. The van der Waals surface area contributed by atoms with Crippen molar-refractivity contribution in [3.8, 4) is 112 Å². The first-order valence-electron chi connectivity index (χ1n) is 42.2. The second-order valence-electron chi connectivity index (χ2n) is 29.6. The van der Waals surface area contributed by atoms with Gasteiger partial charge in [-0.3, -0.25) is 19.9 Å². The van der Waals surface area contributed by atoms with Crippen molar-refractivity contribution in [3.05, 3.63) is 535 Å². The molecular formula is C120H86Ir2N6-2. The molecule has 0 unspecified atom stereocenters. The van der Waals surface area contributed by atoms with Gasteiger partial charge in [-0.1, -0.05) is 388 Å². The number of pyridine rings is 6. The average molecular weight is 2000 g/mol. The smallest absolute Gasteiger partial charge is 0.0780 e. The van der Waals surface area contributed by atoms with Crippen LogP contribution in [0.2, 0.25) is 0 Å². The number of benzene rings is 17. The molecule has 17 aromatic carbocycles. The molecule has 0 spiro atoms. The van der Waals surface area contributed by atoms with Crippen LogP contribution in [0.25, 0.3) is 177 Å². The summed E-state index contributed by atoms with van der Waals surface area (Å²) in [4.78, 5) is 26.1. The molecule has 0 saturated carbocycles. The standard InChI is InChI=1S/C42H28.2C15H11N.C15H10N.2C11H9N.C11H8N.2Ir/c1-5-17-29(18-6-1)37-33-25-13-14-26-34(33)39(31-21-9-3-10-22-31)42-40(32-23-11-4-12-24-32)36-28-16-15-27-35(36)38(41(37)42)30-19-7-2-8-20-30;3*1-2-7-13(8-3-1)15-14-9-5-4-6-12(14)10-11-16-15;3*1-2-6-10(7-3-1)11-8-4-5-9-12-11;;/h1-28H;2*1-11H;1-7,9-11H;2*1-9H;1-6,8-9H;;/q;;;-1;;;-1;;.